The summed E-state index contributed by atoms with van der Waals surface area (Å²) in [6.45, 7) is 11.0. The van der Waals surface area contributed by atoms with Crippen molar-refractivity contribution in [3.63, 3.8) is 0 Å². The number of carbonyl (C=O) groups is 1. The van der Waals surface area contributed by atoms with Crippen molar-refractivity contribution in [2.45, 2.75) is 41.2 Å². The molecule has 0 saturated heterocycles. The van der Waals surface area contributed by atoms with E-state index in [1.165, 1.54) is 29.4 Å². The highest BCUT2D eigenvalue weighted by molar-refractivity contribution is 5.86. The van der Waals surface area contributed by atoms with Crippen LogP contribution in [0.5, 0.6) is 0 Å². The van der Waals surface area contributed by atoms with Gasteiger partial charge in [0.1, 0.15) is 5.76 Å². The normalized spacial score (nSPS) is 11.1. The van der Waals surface area contributed by atoms with E-state index in [-0.39, 0.29) is 5.76 Å². The topological polar surface area (TPSA) is 57.3 Å². The number of furan rings is 1. The Morgan fingerprint density at radius 1 is 0.875 bits per heavy atom. The highest BCUT2D eigenvalue weighted by Gasteiger charge is 2.20. The molecule has 2 aromatic carbocycles. The number of nitrogens with zero attached hydrogens (tertiary/aromatic N) is 2. The highest BCUT2D eigenvalue weighted by atomic mass is 16.5. The lowest BCUT2D eigenvalue weighted by molar-refractivity contribution is 0.0563. The minimum atomic E-state index is -0.488. The van der Waals surface area contributed by atoms with Crippen LogP contribution in [0.1, 0.15) is 44.1 Å². The molecule has 32 heavy (non-hydrogen) atoms. The molecule has 164 valence electrons. The third kappa shape index (κ3) is 3.98. The summed E-state index contributed by atoms with van der Waals surface area (Å²) < 4.78 is 12.5. The van der Waals surface area contributed by atoms with Gasteiger partial charge in [0, 0.05) is 16.7 Å². The maximum Gasteiger partial charge on any atom is 0.373 e. The molecule has 0 amide bonds. The molecule has 0 atom stereocenters. The van der Waals surface area contributed by atoms with Gasteiger partial charge in [0.2, 0.25) is 5.76 Å². The van der Waals surface area contributed by atoms with Crippen LogP contribution in [0.3, 0.4) is 0 Å². The summed E-state index contributed by atoms with van der Waals surface area (Å²) in [5, 5.41) is 4.99. The lowest BCUT2D eigenvalue weighted by atomic mass is 9.98. The van der Waals surface area contributed by atoms with E-state index in [1.807, 2.05) is 4.68 Å². The van der Waals surface area contributed by atoms with Crippen molar-refractivity contribution in [1.82, 2.24) is 9.78 Å². The molecule has 5 heteroatoms. The van der Waals surface area contributed by atoms with Crippen molar-refractivity contribution in [3.8, 4) is 22.5 Å². The number of hydrogen-bond donors (Lipinski definition) is 0. The number of esters is 1. The Hall–Kier alpha value is -3.60. The SMILES string of the molecule is COC(=O)c1ccc(Cn2nc(-c3ccc(C)c(C)c3)c(C)c2-c2ccc(C)c(C)c2)o1. The number of ether oxygens (including phenoxy) is 1. The Morgan fingerprint density at radius 2 is 1.50 bits per heavy atom. The van der Waals surface area contributed by atoms with Crippen LogP contribution in [0.4, 0.5) is 0 Å². The van der Waals surface area contributed by atoms with Crippen LogP contribution in [-0.4, -0.2) is 22.9 Å². The Balaban J connectivity index is 1.84. The van der Waals surface area contributed by atoms with Gasteiger partial charge in [-0.05, 0) is 81.1 Å². The second kappa shape index (κ2) is 8.50. The maximum atomic E-state index is 11.8. The average Bonchev–Trinajstić information content (AvgIpc) is 3.36. The van der Waals surface area contributed by atoms with Gasteiger partial charge < -0.3 is 9.15 Å². The second-order valence-corrected chi connectivity index (χ2v) is 8.34. The van der Waals surface area contributed by atoms with Gasteiger partial charge in [-0.1, -0.05) is 24.3 Å². The van der Waals surface area contributed by atoms with Crippen LogP contribution in [0.15, 0.2) is 52.9 Å². The fourth-order valence-electron chi connectivity index (χ4n) is 3.90. The van der Waals surface area contributed by atoms with E-state index >= 15 is 0 Å². The van der Waals surface area contributed by atoms with Gasteiger partial charge in [-0.3, -0.25) is 4.68 Å². The molecule has 0 saturated carbocycles. The Morgan fingerprint density at radius 3 is 2.12 bits per heavy atom. The predicted molar refractivity (Wildman–Crippen MR) is 126 cm³/mol. The molecule has 0 aliphatic heterocycles. The van der Waals surface area contributed by atoms with E-state index in [4.69, 9.17) is 14.3 Å². The average molecular weight is 429 g/mol. The van der Waals surface area contributed by atoms with Crippen LogP contribution in [0, 0.1) is 34.6 Å². The molecule has 0 aliphatic carbocycles. The molecular weight excluding hydrogens is 400 g/mol. The smallest absolute Gasteiger partial charge is 0.373 e. The summed E-state index contributed by atoms with van der Waals surface area (Å²) in [5.74, 6) is 0.344. The molecule has 2 heterocycles. The van der Waals surface area contributed by atoms with E-state index in [0.29, 0.717) is 12.3 Å². The number of benzene rings is 2. The lowest BCUT2D eigenvalue weighted by Crippen LogP contribution is -2.04. The summed E-state index contributed by atoms with van der Waals surface area (Å²) >= 11 is 0. The first-order valence-electron chi connectivity index (χ1n) is 10.7. The fraction of sp³-hybridized carbons (Fsp3) is 0.259. The van der Waals surface area contributed by atoms with Gasteiger partial charge in [0.15, 0.2) is 0 Å². The number of aromatic nitrogens is 2. The first-order chi connectivity index (χ1) is 15.3. The Bertz CT molecular complexity index is 1310. The molecular formula is C27H28N2O3. The molecule has 0 spiro atoms. The van der Waals surface area contributed by atoms with Gasteiger partial charge in [-0.2, -0.15) is 5.10 Å². The molecule has 0 fully saturated rings. The van der Waals surface area contributed by atoms with Crippen LogP contribution in [0.2, 0.25) is 0 Å². The van der Waals surface area contributed by atoms with Crippen molar-refractivity contribution in [2.24, 2.45) is 0 Å². The monoisotopic (exact) mass is 428 g/mol. The van der Waals surface area contributed by atoms with Gasteiger partial charge >= 0.3 is 5.97 Å². The number of methoxy groups -OCH3 is 1. The van der Waals surface area contributed by atoms with Gasteiger partial charge in [0.05, 0.1) is 25.0 Å². The molecule has 2 aromatic heterocycles. The standard InChI is InChI=1S/C27H28N2O3/c1-16-7-9-21(13-18(16)3)25-20(5)26(22-10-8-17(2)19(4)14-22)29(28-25)15-23-11-12-24(32-23)27(30)31-6/h7-14H,15H2,1-6H3. The molecule has 0 bridgehead atoms. The van der Waals surface area contributed by atoms with E-state index in [2.05, 4.69) is 71.0 Å². The first kappa shape index (κ1) is 21.6. The summed E-state index contributed by atoms with van der Waals surface area (Å²) in [5.41, 5.74) is 10.3. The van der Waals surface area contributed by atoms with E-state index in [1.54, 1.807) is 12.1 Å². The zero-order chi connectivity index (χ0) is 23.0. The summed E-state index contributed by atoms with van der Waals surface area (Å²) in [7, 11) is 1.34. The minimum absolute atomic E-state index is 0.188. The summed E-state index contributed by atoms with van der Waals surface area (Å²) in [4.78, 5) is 11.8. The van der Waals surface area contributed by atoms with Gasteiger partial charge in [-0.25, -0.2) is 4.79 Å². The van der Waals surface area contributed by atoms with Crippen LogP contribution in [-0.2, 0) is 11.3 Å². The first-order valence-corrected chi connectivity index (χ1v) is 10.7. The van der Waals surface area contributed by atoms with Crippen molar-refractivity contribution < 1.29 is 13.9 Å². The minimum Gasteiger partial charge on any atom is -0.463 e. The Labute approximate surface area is 188 Å². The molecule has 5 nitrogen and oxygen atoms in total. The number of aryl methyl sites for hydroxylation is 4. The molecule has 0 aliphatic rings. The van der Waals surface area contributed by atoms with Crippen LogP contribution >= 0.6 is 0 Å². The van der Waals surface area contributed by atoms with Crippen molar-refractivity contribution in [1.29, 1.82) is 0 Å². The molecule has 0 unspecified atom stereocenters. The maximum absolute atomic E-state index is 11.8. The summed E-state index contributed by atoms with van der Waals surface area (Å²) in [6, 6.07) is 16.3. The van der Waals surface area contributed by atoms with Gasteiger partial charge in [0.25, 0.3) is 0 Å². The molecule has 0 N–H and O–H groups in total. The highest BCUT2D eigenvalue weighted by Crippen LogP contribution is 2.34. The van der Waals surface area contributed by atoms with Crippen molar-refractivity contribution >= 4 is 5.97 Å². The van der Waals surface area contributed by atoms with E-state index < -0.39 is 5.97 Å². The predicted octanol–water partition coefficient (Wildman–Crippen LogP) is 6.19. The van der Waals surface area contributed by atoms with Crippen molar-refractivity contribution in [3.05, 3.63) is 87.9 Å². The van der Waals surface area contributed by atoms with Crippen molar-refractivity contribution in [2.75, 3.05) is 7.11 Å². The molecule has 4 aromatic rings. The Kier molecular flexibility index (Phi) is 5.74. The lowest BCUT2D eigenvalue weighted by Gasteiger charge is -2.10. The van der Waals surface area contributed by atoms with Crippen LogP contribution in [0.25, 0.3) is 22.5 Å². The summed E-state index contributed by atoms with van der Waals surface area (Å²) in [6.07, 6.45) is 0. The number of carbonyl (C=O) groups excluding carboxylic acids is 1. The van der Waals surface area contributed by atoms with E-state index in [9.17, 15) is 4.79 Å². The third-order valence-corrected chi connectivity index (χ3v) is 6.10. The van der Waals surface area contributed by atoms with E-state index in [0.717, 1.165) is 28.1 Å². The van der Waals surface area contributed by atoms with Crippen LogP contribution < -0.4 is 0 Å². The fourth-order valence-corrected chi connectivity index (χ4v) is 3.90. The molecule has 4 rings (SSSR count). The quantitative estimate of drug-likeness (QED) is 0.356. The van der Waals surface area contributed by atoms with Gasteiger partial charge in [-0.15, -0.1) is 0 Å². The molecule has 0 radical (unpaired) electrons. The number of rotatable bonds is 5. The zero-order valence-corrected chi connectivity index (χ0v) is 19.4. The third-order valence-electron chi connectivity index (χ3n) is 6.10. The largest absolute Gasteiger partial charge is 0.463 e. The zero-order valence-electron chi connectivity index (χ0n) is 19.4. The number of hydrogen-bond acceptors (Lipinski definition) is 4. The second-order valence-electron chi connectivity index (χ2n) is 8.34.